The lowest BCUT2D eigenvalue weighted by molar-refractivity contribution is 0.106. The largest absolute Gasteiger partial charge is 0.291 e. The Kier molecular flexibility index (Phi) is 3.46. The van der Waals surface area contributed by atoms with Crippen molar-refractivity contribution in [3.05, 3.63) is 29.2 Å². The Labute approximate surface area is 118 Å². The molecule has 0 spiro atoms. The van der Waals surface area contributed by atoms with Gasteiger partial charge < -0.3 is 0 Å². The average molecular weight is 279 g/mol. The molecule has 4 nitrogen and oxygen atoms in total. The Morgan fingerprint density at radius 3 is 2.95 bits per heavy atom. The highest BCUT2D eigenvalue weighted by molar-refractivity contribution is 6.33. The lowest BCUT2D eigenvalue weighted by Gasteiger charge is -2.36. The van der Waals surface area contributed by atoms with E-state index < -0.39 is 0 Å². The van der Waals surface area contributed by atoms with Crippen LogP contribution in [-0.2, 0) is 0 Å². The third kappa shape index (κ3) is 2.35. The fourth-order valence-electron chi connectivity index (χ4n) is 2.88. The number of hydrogen-bond donors (Lipinski definition) is 0. The van der Waals surface area contributed by atoms with Crippen LogP contribution in [0.2, 0.25) is 5.02 Å². The molecule has 1 fully saturated rings. The van der Waals surface area contributed by atoms with Crippen molar-refractivity contribution in [1.29, 1.82) is 0 Å². The van der Waals surface area contributed by atoms with Crippen LogP contribution >= 0.6 is 11.6 Å². The minimum Gasteiger partial charge on any atom is -0.291 e. The van der Waals surface area contributed by atoms with E-state index in [9.17, 15) is 0 Å². The number of pyridine rings is 1. The Bertz CT molecular complexity index is 578. The van der Waals surface area contributed by atoms with Crippen molar-refractivity contribution in [2.75, 3.05) is 6.54 Å². The first kappa shape index (κ1) is 12.9. The quantitative estimate of drug-likeness (QED) is 0.845. The summed E-state index contributed by atoms with van der Waals surface area (Å²) in [6.45, 7) is 5.60. The van der Waals surface area contributed by atoms with Crippen LogP contribution in [0.15, 0.2) is 18.3 Å². The van der Waals surface area contributed by atoms with Crippen molar-refractivity contribution >= 4 is 17.2 Å². The van der Waals surface area contributed by atoms with Crippen molar-refractivity contribution in [2.24, 2.45) is 0 Å². The Hall–Kier alpha value is -1.13. The smallest absolute Gasteiger partial charge is 0.174 e. The molecule has 2 aromatic rings. The number of fused-ring (bicyclic) bond motifs is 1. The van der Waals surface area contributed by atoms with E-state index in [-0.39, 0.29) is 0 Å². The first-order chi connectivity index (χ1) is 9.16. The van der Waals surface area contributed by atoms with Crippen molar-refractivity contribution in [1.82, 2.24) is 19.5 Å². The molecule has 0 amide bonds. The molecule has 1 aliphatic heterocycles. The molecule has 19 heavy (non-hydrogen) atoms. The maximum Gasteiger partial charge on any atom is 0.174 e. The van der Waals surface area contributed by atoms with Crippen molar-refractivity contribution < 1.29 is 0 Å². The molecule has 0 aromatic carbocycles. The minimum atomic E-state index is 0.324. The van der Waals surface area contributed by atoms with Crippen LogP contribution in [0.25, 0.3) is 5.65 Å². The van der Waals surface area contributed by atoms with Gasteiger partial charge in [0.05, 0.1) is 11.1 Å². The zero-order valence-corrected chi connectivity index (χ0v) is 12.1. The second kappa shape index (κ2) is 5.10. The van der Waals surface area contributed by atoms with Crippen LogP contribution in [0.3, 0.4) is 0 Å². The van der Waals surface area contributed by atoms with Gasteiger partial charge in [-0.15, -0.1) is 5.10 Å². The van der Waals surface area contributed by atoms with E-state index in [0.29, 0.717) is 17.1 Å². The summed E-state index contributed by atoms with van der Waals surface area (Å²) in [6.07, 6.45) is 5.55. The van der Waals surface area contributed by atoms with Crippen LogP contribution in [-0.4, -0.2) is 32.1 Å². The first-order valence-corrected chi connectivity index (χ1v) is 7.31. The highest BCUT2D eigenvalue weighted by Crippen LogP contribution is 2.31. The molecule has 0 aliphatic carbocycles. The molecule has 5 heteroatoms. The molecule has 1 saturated heterocycles. The number of piperidine rings is 1. The summed E-state index contributed by atoms with van der Waals surface area (Å²) in [7, 11) is 0. The lowest BCUT2D eigenvalue weighted by Crippen LogP contribution is -2.39. The van der Waals surface area contributed by atoms with E-state index in [0.717, 1.165) is 24.4 Å². The topological polar surface area (TPSA) is 33.4 Å². The predicted molar refractivity (Wildman–Crippen MR) is 76.4 cm³/mol. The predicted octanol–water partition coefficient (Wildman–Crippen LogP) is 3.32. The summed E-state index contributed by atoms with van der Waals surface area (Å²) in [5.74, 6) is 0.904. The van der Waals surface area contributed by atoms with Gasteiger partial charge in [-0.1, -0.05) is 18.0 Å². The Balaban J connectivity index is 2.00. The molecule has 1 aliphatic rings. The van der Waals surface area contributed by atoms with E-state index in [1.165, 1.54) is 12.8 Å². The van der Waals surface area contributed by atoms with Crippen LogP contribution in [0, 0.1) is 0 Å². The van der Waals surface area contributed by atoms with E-state index in [2.05, 4.69) is 28.8 Å². The second-order valence-electron chi connectivity index (χ2n) is 5.44. The van der Waals surface area contributed by atoms with Gasteiger partial charge in [-0.3, -0.25) is 4.90 Å². The molecule has 0 radical (unpaired) electrons. The number of nitrogens with zero attached hydrogens (tertiary/aromatic N) is 4. The molecule has 1 unspecified atom stereocenters. The van der Waals surface area contributed by atoms with Crippen molar-refractivity contribution in [3.63, 3.8) is 0 Å². The van der Waals surface area contributed by atoms with E-state index >= 15 is 0 Å². The summed E-state index contributed by atoms with van der Waals surface area (Å²) in [5.41, 5.74) is 0.758. The standard InChI is InChI=1S/C14H19ClN4/c1-10(2)18-8-4-3-7-12(18)13-16-14-11(15)6-5-9-19(14)17-13/h5-6,9-10,12H,3-4,7-8H2,1-2H3. The maximum absolute atomic E-state index is 6.17. The van der Waals surface area contributed by atoms with Crippen molar-refractivity contribution in [2.45, 2.75) is 45.2 Å². The summed E-state index contributed by atoms with van der Waals surface area (Å²) in [4.78, 5) is 7.14. The third-order valence-electron chi connectivity index (χ3n) is 3.84. The molecular weight excluding hydrogens is 260 g/mol. The van der Waals surface area contributed by atoms with E-state index in [4.69, 9.17) is 11.6 Å². The summed E-state index contributed by atoms with van der Waals surface area (Å²) >= 11 is 6.17. The van der Waals surface area contributed by atoms with Crippen LogP contribution in [0.5, 0.6) is 0 Å². The molecule has 1 atom stereocenters. The molecule has 3 heterocycles. The normalized spacial score (nSPS) is 21.4. The van der Waals surface area contributed by atoms with Gasteiger partial charge in [0.25, 0.3) is 0 Å². The maximum atomic E-state index is 6.17. The van der Waals surface area contributed by atoms with Gasteiger partial charge in [0.15, 0.2) is 11.5 Å². The zero-order chi connectivity index (χ0) is 13.4. The summed E-state index contributed by atoms with van der Waals surface area (Å²) < 4.78 is 1.78. The van der Waals surface area contributed by atoms with Crippen LogP contribution < -0.4 is 0 Å². The Morgan fingerprint density at radius 1 is 1.37 bits per heavy atom. The van der Waals surface area contributed by atoms with Gasteiger partial charge in [0.1, 0.15) is 0 Å². The fraction of sp³-hybridized carbons (Fsp3) is 0.571. The Morgan fingerprint density at radius 2 is 2.21 bits per heavy atom. The van der Waals surface area contributed by atoms with Crippen LogP contribution in [0.1, 0.15) is 45.0 Å². The molecule has 3 rings (SSSR count). The minimum absolute atomic E-state index is 0.324. The highest BCUT2D eigenvalue weighted by Gasteiger charge is 2.29. The van der Waals surface area contributed by atoms with E-state index in [1.807, 2.05) is 18.3 Å². The zero-order valence-electron chi connectivity index (χ0n) is 11.4. The number of hydrogen-bond acceptors (Lipinski definition) is 3. The molecule has 102 valence electrons. The molecular formula is C14H19ClN4. The number of rotatable bonds is 2. The van der Waals surface area contributed by atoms with Gasteiger partial charge in [-0.25, -0.2) is 9.50 Å². The van der Waals surface area contributed by atoms with Crippen LogP contribution in [0.4, 0.5) is 0 Å². The average Bonchev–Trinajstić information content (AvgIpc) is 2.84. The molecule has 0 N–H and O–H groups in total. The van der Waals surface area contributed by atoms with Crippen molar-refractivity contribution in [3.8, 4) is 0 Å². The van der Waals surface area contributed by atoms with Gasteiger partial charge >= 0.3 is 0 Å². The highest BCUT2D eigenvalue weighted by atomic mass is 35.5. The number of halogens is 1. The molecule has 0 saturated carbocycles. The monoisotopic (exact) mass is 278 g/mol. The van der Waals surface area contributed by atoms with E-state index in [1.54, 1.807) is 4.52 Å². The number of likely N-dealkylation sites (tertiary alicyclic amines) is 1. The third-order valence-corrected chi connectivity index (χ3v) is 4.13. The first-order valence-electron chi connectivity index (χ1n) is 6.93. The SMILES string of the molecule is CC(C)N1CCCCC1c1nc2c(Cl)cccn2n1. The summed E-state index contributed by atoms with van der Waals surface area (Å²) in [5, 5.41) is 5.27. The summed E-state index contributed by atoms with van der Waals surface area (Å²) in [6, 6.07) is 4.60. The van der Waals surface area contributed by atoms with Gasteiger partial charge in [0, 0.05) is 12.2 Å². The molecule has 2 aromatic heterocycles. The molecule has 0 bridgehead atoms. The van der Waals surface area contributed by atoms with Gasteiger partial charge in [0.2, 0.25) is 0 Å². The van der Waals surface area contributed by atoms with Gasteiger partial charge in [-0.2, -0.15) is 0 Å². The second-order valence-corrected chi connectivity index (χ2v) is 5.84. The van der Waals surface area contributed by atoms with Gasteiger partial charge in [-0.05, 0) is 45.4 Å². The fourth-order valence-corrected chi connectivity index (χ4v) is 3.08. The lowest BCUT2D eigenvalue weighted by atomic mass is 10.00. The number of aromatic nitrogens is 3.